The molecule has 6 nitrogen and oxygen atoms in total. The van der Waals surface area contributed by atoms with Gasteiger partial charge in [-0.1, -0.05) is 30.3 Å². The minimum atomic E-state index is -3.95. The maximum atomic E-state index is 13.9. The van der Waals surface area contributed by atoms with E-state index in [1.807, 2.05) is 0 Å². The summed E-state index contributed by atoms with van der Waals surface area (Å²) in [6, 6.07) is 16.2. The summed E-state index contributed by atoms with van der Waals surface area (Å²) >= 11 is 0. The van der Waals surface area contributed by atoms with Crippen LogP contribution in [0.15, 0.2) is 77.7 Å². The molecule has 1 N–H and O–H groups in total. The zero-order valence-electron chi connectivity index (χ0n) is 17.5. The molecule has 0 aliphatic carbocycles. The Morgan fingerprint density at radius 3 is 2.31 bits per heavy atom. The molecule has 0 fully saturated rings. The van der Waals surface area contributed by atoms with Crippen LogP contribution in [-0.4, -0.2) is 32.8 Å². The predicted octanol–water partition coefficient (Wildman–Crippen LogP) is 4.36. The van der Waals surface area contributed by atoms with E-state index in [2.05, 4.69) is 5.32 Å². The number of hydrogen-bond acceptors (Lipinski definition) is 4. The maximum absolute atomic E-state index is 13.9. The number of hydrogen-bond donors (Lipinski definition) is 1. The zero-order valence-corrected chi connectivity index (χ0v) is 18.3. The number of benzene rings is 3. The SMILES string of the molecule is COc1ccc([C@@H](CC(=O)Nc2cc(F)ccc2F)N(C)S(=O)(=O)c2ccccc2)cc1. The molecule has 168 valence electrons. The summed E-state index contributed by atoms with van der Waals surface area (Å²) in [5.74, 6) is -1.62. The lowest BCUT2D eigenvalue weighted by molar-refractivity contribution is -0.117. The summed E-state index contributed by atoms with van der Waals surface area (Å²) in [6.45, 7) is 0. The lowest BCUT2D eigenvalue weighted by Gasteiger charge is -2.28. The van der Waals surface area contributed by atoms with Crippen molar-refractivity contribution in [2.24, 2.45) is 0 Å². The van der Waals surface area contributed by atoms with E-state index >= 15 is 0 Å². The molecule has 9 heteroatoms. The zero-order chi connectivity index (χ0) is 23.3. The van der Waals surface area contributed by atoms with Crippen molar-refractivity contribution in [1.29, 1.82) is 0 Å². The van der Waals surface area contributed by atoms with Crippen molar-refractivity contribution in [2.45, 2.75) is 17.4 Å². The summed E-state index contributed by atoms with van der Waals surface area (Å²) in [5, 5.41) is 2.32. The van der Waals surface area contributed by atoms with Gasteiger partial charge in [0.15, 0.2) is 0 Å². The number of amides is 1. The Hall–Kier alpha value is -3.30. The van der Waals surface area contributed by atoms with Gasteiger partial charge >= 0.3 is 0 Å². The fourth-order valence-electron chi connectivity index (χ4n) is 3.18. The number of anilines is 1. The van der Waals surface area contributed by atoms with Crippen molar-refractivity contribution < 1.29 is 26.7 Å². The van der Waals surface area contributed by atoms with Crippen molar-refractivity contribution in [3.63, 3.8) is 0 Å². The third-order valence-electron chi connectivity index (χ3n) is 4.94. The van der Waals surface area contributed by atoms with Crippen molar-refractivity contribution in [3.8, 4) is 5.75 Å². The molecule has 0 heterocycles. The molecule has 3 rings (SSSR count). The lowest BCUT2D eigenvalue weighted by atomic mass is 10.0. The van der Waals surface area contributed by atoms with Crippen molar-refractivity contribution in [2.75, 3.05) is 19.5 Å². The van der Waals surface area contributed by atoms with Crippen molar-refractivity contribution in [1.82, 2.24) is 4.31 Å². The molecule has 3 aromatic carbocycles. The largest absolute Gasteiger partial charge is 0.497 e. The first-order valence-corrected chi connectivity index (χ1v) is 11.1. The van der Waals surface area contributed by atoms with Crippen LogP contribution < -0.4 is 10.1 Å². The number of rotatable bonds is 8. The highest BCUT2D eigenvalue weighted by molar-refractivity contribution is 7.89. The number of carbonyl (C=O) groups excluding carboxylic acids is 1. The molecule has 0 aliphatic rings. The van der Waals surface area contributed by atoms with Gasteiger partial charge in [-0.05, 0) is 42.0 Å². The molecule has 1 atom stereocenters. The molecule has 1 amide bonds. The molecule has 0 radical (unpaired) electrons. The van der Waals surface area contributed by atoms with Crippen LogP contribution in [0.2, 0.25) is 0 Å². The van der Waals surface area contributed by atoms with Crippen LogP contribution >= 0.6 is 0 Å². The van der Waals surface area contributed by atoms with Gasteiger partial charge < -0.3 is 10.1 Å². The van der Waals surface area contributed by atoms with E-state index in [0.717, 1.165) is 22.5 Å². The Kier molecular flexibility index (Phi) is 7.22. The van der Waals surface area contributed by atoms with E-state index < -0.39 is 33.6 Å². The van der Waals surface area contributed by atoms with Crippen LogP contribution in [-0.2, 0) is 14.8 Å². The fraction of sp³-hybridized carbons (Fsp3) is 0.174. The van der Waals surface area contributed by atoms with Gasteiger partial charge in [0, 0.05) is 19.5 Å². The van der Waals surface area contributed by atoms with Gasteiger partial charge in [0.2, 0.25) is 15.9 Å². The highest BCUT2D eigenvalue weighted by Crippen LogP contribution is 2.30. The van der Waals surface area contributed by atoms with Gasteiger partial charge in [0.05, 0.1) is 23.7 Å². The third kappa shape index (κ3) is 5.30. The van der Waals surface area contributed by atoms with Crippen LogP contribution in [0.25, 0.3) is 0 Å². The summed E-state index contributed by atoms with van der Waals surface area (Å²) in [5.41, 5.74) is 0.208. The van der Waals surface area contributed by atoms with Crippen LogP contribution in [0.1, 0.15) is 18.0 Å². The first kappa shape index (κ1) is 23.4. The second kappa shape index (κ2) is 9.88. The quantitative estimate of drug-likeness (QED) is 0.542. The van der Waals surface area contributed by atoms with Crippen LogP contribution in [0, 0.1) is 11.6 Å². The molecule has 0 bridgehead atoms. The second-order valence-corrected chi connectivity index (χ2v) is 9.00. The first-order chi connectivity index (χ1) is 15.2. The molecule has 32 heavy (non-hydrogen) atoms. The molecule has 0 spiro atoms. The number of nitrogens with one attached hydrogen (secondary N) is 1. The lowest BCUT2D eigenvalue weighted by Crippen LogP contribution is -2.34. The van der Waals surface area contributed by atoms with E-state index in [4.69, 9.17) is 4.74 Å². The summed E-state index contributed by atoms with van der Waals surface area (Å²) in [7, 11) is -1.08. The highest BCUT2D eigenvalue weighted by atomic mass is 32.2. The molecule has 0 unspecified atom stereocenters. The summed E-state index contributed by atoms with van der Waals surface area (Å²) in [6.07, 6.45) is -0.329. The smallest absolute Gasteiger partial charge is 0.243 e. The standard InChI is InChI=1S/C23H22F2N2O4S/c1-27(32(29,30)19-6-4-3-5-7-19)22(16-8-11-18(31-2)12-9-16)15-23(28)26-21-14-17(24)10-13-20(21)25/h3-14,22H,15H2,1-2H3,(H,26,28)/t22-/m1/s1. The molecule has 0 aliphatic heterocycles. The van der Waals surface area contributed by atoms with Gasteiger partial charge in [-0.3, -0.25) is 4.79 Å². The van der Waals surface area contributed by atoms with E-state index in [9.17, 15) is 22.0 Å². The fourth-order valence-corrected chi connectivity index (χ4v) is 4.54. The highest BCUT2D eigenvalue weighted by Gasteiger charge is 2.31. The van der Waals surface area contributed by atoms with E-state index in [0.29, 0.717) is 11.3 Å². The van der Waals surface area contributed by atoms with Crippen molar-refractivity contribution >= 4 is 21.6 Å². The van der Waals surface area contributed by atoms with Gasteiger partial charge in [0.25, 0.3) is 0 Å². The third-order valence-corrected chi connectivity index (χ3v) is 6.82. The Balaban J connectivity index is 1.93. The molecule has 0 saturated heterocycles. The van der Waals surface area contributed by atoms with Crippen LogP contribution in [0.3, 0.4) is 0 Å². The summed E-state index contributed by atoms with van der Waals surface area (Å²) < 4.78 is 60.0. The van der Waals surface area contributed by atoms with E-state index in [-0.39, 0.29) is 17.0 Å². The second-order valence-electron chi connectivity index (χ2n) is 7.00. The van der Waals surface area contributed by atoms with Crippen LogP contribution in [0.4, 0.5) is 14.5 Å². The number of nitrogens with zero attached hydrogens (tertiary/aromatic N) is 1. The van der Waals surface area contributed by atoms with E-state index in [1.54, 1.807) is 42.5 Å². The molecular weight excluding hydrogens is 438 g/mol. The van der Waals surface area contributed by atoms with Crippen LogP contribution in [0.5, 0.6) is 5.75 Å². The van der Waals surface area contributed by atoms with E-state index in [1.165, 1.54) is 26.3 Å². The average Bonchev–Trinajstić information content (AvgIpc) is 2.80. The van der Waals surface area contributed by atoms with Gasteiger partial charge in [-0.15, -0.1) is 0 Å². The molecule has 0 saturated carbocycles. The number of halogens is 2. The summed E-state index contributed by atoms with van der Waals surface area (Å²) in [4.78, 5) is 12.8. The molecule has 0 aromatic heterocycles. The Morgan fingerprint density at radius 1 is 1.03 bits per heavy atom. The number of ether oxygens (including phenoxy) is 1. The molecule has 3 aromatic rings. The normalized spacial score (nSPS) is 12.4. The number of carbonyl (C=O) groups is 1. The van der Waals surface area contributed by atoms with Gasteiger partial charge in [-0.25, -0.2) is 17.2 Å². The number of sulfonamides is 1. The minimum Gasteiger partial charge on any atom is -0.497 e. The Labute approximate surface area is 185 Å². The minimum absolute atomic E-state index is 0.0672. The monoisotopic (exact) mass is 460 g/mol. The van der Waals surface area contributed by atoms with Gasteiger partial charge in [-0.2, -0.15) is 4.31 Å². The molecular formula is C23H22F2N2O4S. The average molecular weight is 461 g/mol. The Bertz CT molecular complexity index is 1190. The first-order valence-electron chi connectivity index (χ1n) is 9.64. The maximum Gasteiger partial charge on any atom is 0.243 e. The number of methoxy groups -OCH3 is 1. The topological polar surface area (TPSA) is 75.7 Å². The van der Waals surface area contributed by atoms with Gasteiger partial charge in [0.1, 0.15) is 17.4 Å². The predicted molar refractivity (Wildman–Crippen MR) is 117 cm³/mol. The Morgan fingerprint density at radius 2 is 1.69 bits per heavy atom. The van der Waals surface area contributed by atoms with Crippen molar-refractivity contribution in [3.05, 3.63) is 90.0 Å².